The van der Waals surface area contributed by atoms with Crippen LogP contribution in [0.1, 0.15) is 37.6 Å². The number of H-pyrrole nitrogens is 1. The van der Waals surface area contributed by atoms with Crippen molar-refractivity contribution in [2.24, 2.45) is 0 Å². The average molecular weight is 365 g/mol. The summed E-state index contributed by atoms with van der Waals surface area (Å²) in [6.45, 7) is 3.56. The third kappa shape index (κ3) is 4.14. The molecular formula is C18H21ClN2O4. The second-order valence-electron chi connectivity index (χ2n) is 6.23. The van der Waals surface area contributed by atoms with Crippen LogP contribution in [0.3, 0.4) is 0 Å². The van der Waals surface area contributed by atoms with Crippen LogP contribution in [-0.4, -0.2) is 36.2 Å². The molecular weight excluding hydrogens is 344 g/mol. The number of carbonyl (C=O) groups is 2. The molecule has 0 aliphatic carbocycles. The summed E-state index contributed by atoms with van der Waals surface area (Å²) in [6.07, 6.45) is 0.911. The maximum atomic E-state index is 11.4. The first kappa shape index (κ1) is 17.8. The molecule has 0 radical (unpaired) electrons. The van der Waals surface area contributed by atoms with Crippen molar-refractivity contribution in [3.8, 4) is 0 Å². The van der Waals surface area contributed by atoms with E-state index in [4.69, 9.17) is 21.1 Å². The highest BCUT2D eigenvalue weighted by Crippen LogP contribution is 2.33. The average Bonchev–Trinajstić information content (AvgIpc) is 2.91. The van der Waals surface area contributed by atoms with Crippen molar-refractivity contribution < 1.29 is 19.1 Å². The van der Waals surface area contributed by atoms with Crippen molar-refractivity contribution >= 4 is 34.4 Å². The molecule has 7 heteroatoms. The summed E-state index contributed by atoms with van der Waals surface area (Å²) < 4.78 is 10.4. The molecule has 2 aromatic rings. The number of benzene rings is 1. The summed E-state index contributed by atoms with van der Waals surface area (Å²) in [5.74, 6) is -0.786. The van der Waals surface area contributed by atoms with E-state index in [1.54, 1.807) is 0 Å². The van der Waals surface area contributed by atoms with E-state index in [9.17, 15) is 9.59 Å². The van der Waals surface area contributed by atoms with Crippen LogP contribution in [0, 0.1) is 0 Å². The summed E-state index contributed by atoms with van der Waals surface area (Å²) >= 11 is 6.13. The molecule has 6 nitrogen and oxygen atoms in total. The van der Waals surface area contributed by atoms with Crippen LogP contribution < -0.4 is 5.32 Å². The van der Waals surface area contributed by atoms with E-state index in [1.165, 1.54) is 19.4 Å². The maximum absolute atomic E-state index is 11.4. The Labute approximate surface area is 150 Å². The standard InChI is InChI=1S/C18H21ClN2O4/c1-10(22)24-9-13(25-11(2)23)8-17-18-14(5-6-20-17)15-7-12(19)3-4-16(15)21-18/h3-4,7,13,17,20-21H,5-6,8-9H2,1-2H3. The summed E-state index contributed by atoms with van der Waals surface area (Å²) in [5.41, 5.74) is 3.34. The van der Waals surface area contributed by atoms with Gasteiger partial charge in [0.15, 0.2) is 0 Å². The number of halogens is 1. The van der Waals surface area contributed by atoms with Crippen molar-refractivity contribution in [2.45, 2.75) is 38.8 Å². The topological polar surface area (TPSA) is 80.4 Å². The van der Waals surface area contributed by atoms with Gasteiger partial charge in [0, 0.05) is 41.9 Å². The van der Waals surface area contributed by atoms with Crippen LogP contribution in [0.15, 0.2) is 18.2 Å². The number of rotatable bonds is 5. The first-order valence-electron chi connectivity index (χ1n) is 8.28. The Hall–Kier alpha value is -2.05. The SMILES string of the molecule is CC(=O)OCC(CC1NCCc2c1[nH]c1ccc(Cl)cc21)OC(C)=O. The van der Waals surface area contributed by atoms with Gasteiger partial charge in [0.05, 0.1) is 6.04 Å². The van der Waals surface area contributed by atoms with E-state index in [1.807, 2.05) is 18.2 Å². The monoisotopic (exact) mass is 364 g/mol. The number of ether oxygens (including phenoxy) is 2. The van der Waals surface area contributed by atoms with Gasteiger partial charge in [0.25, 0.3) is 0 Å². The van der Waals surface area contributed by atoms with Gasteiger partial charge in [0.2, 0.25) is 0 Å². The molecule has 1 aromatic heterocycles. The largest absolute Gasteiger partial charge is 0.462 e. The van der Waals surface area contributed by atoms with E-state index in [0.717, 1.165) is 29.6 Å². The van der Waals surface area contributed by atoms with Gasteiger partial charge in [0.1, 0.15) is 12.7 Å². The molecule has 0 saturated heterocycles. The molecule has 2 unspecified atom stereocenters. The Morgan fingerprint density at radius 1 is 1.32 bits per heavy atom. The molecule has 0 saturated carbocycles. The number of hydrogen-bond donors (Lipinski definition) is 2. The van der Waals surface area contributed by atoms with Crippen molar-refractivity contribution in [1.29, 1.82) is 0 Å². The molecule has 2 atom stereocenters. The molecule has 2 N–H and O–H groups in total. The Balaban J connectivity index is 1.84. The van der Waals surface area contributed by atoms with Crippen molar-refractivity contribution in [3.05, 3.63) is 34.5 Å². The van der Waals surface area contributed by atoms with Gasteiger partial charge in [-0.1, -0.05) is 11.6 Å². The predicted octanol–water partition coefficient (Wildman–Crippen LogP) is 2.89. The van der Waals surface area contributed by atoms with E-state index in [2.05, 4.69) is 10.3 Å². The van der Waals surface area contributed by atoms with E-state index < -0.39 is 18.0 Å². The normalized spacial score (nSPS) is 17.8. The zero-order valence-corrected chi connectivity index (χ0v) is 15.0. The van der Waals surface area contributed by atoms with Gasteiger partial charge >= 0.3 is 11.9 Å². The first-order chi connectivity index (χ1) is 11.9. The lowest BCUT2D eigenvalue weighted by Gasteiger charge is -2.27. The fourth-order valence-electron chi connectivity index (χ4n) is 3.34. The van der Waals surface area contributed by atoms with Gasteiger partial charge in [-0.15, -0.1) is 0 Å². The van der Waals surface area contributed by atoms with Crippen LogP contribution >= 0.6 is 11.6 Å². The summed E-state index contributed by atoms with van der Waals surface area (Å²) in [4.78, 5) is 25.9. The van der Waals surface area contributed by atoms with Crippen LogP contribution in [0.25, 0.3) is 10.9 Å². The summed E-state index contributed by atoms with van der Waals surface area (Å²) in [7, 11) is 0. The number of carbonyl (C=O) groups excluding carboxylic acids is 2. The molecule has 1 aromatic carbocycles. The number of aromatic nitrogens is 1. The van der Waals surface area contributed by atoms with Crippen LogP contribution in [0.4, 0.5) is 0 Å². The fourth-order valence-corrected chi connectivity index (χ4v) is 3.51. The first-order valence-corrected chi connectivity index (χ1v) is 8.66. The van der Waals surface area contributed by atoms with Crippen LogP contribution in [-0.2, 0) is 25.5 Å². The molecule has 1 aliphatic rings. The second-order valence-corrected chi connectivity index (χ2v) is 6.67. The van der Waals surface area contributed by atoms with Crippen LogP contribution in [0.2, 0.25) is 5.02 Å². The fraction of sp³-hybridized carbons (Fsp3) is 0.444. The second kappa shape index (κ2) is 7.45. The lowest BCUT2D eigenvalue weighted by Crippen LogP contribution is -2.35. The number of fused-ring (bicyclic) bond motifs is 3. The zero-order valence-electron chi connectivity index (χ0n) is 14.2. The third-order valence-electron chi connectivity index (χ3n) is 4.32. The van der Waals surface area contributed by atoms with Gasteiger partial charge in [-0.25, -0.2) is 0 Å². The quantitative estimate of drug-likeness (QED) is 0.797. The lowest BCUT2D eigenvalue weighted by atomic mass is 9.95. The Morgan fingerprint density at radius 2 is 2.12 bits per heavy atom. The molecule has 0 fully saturated rings. The highest BCUT2D eigenvalue weighted by molar-refractivity contribution is 6.31. The molecule has 3 rings (SSSR count). The summed E-state index contributed by atoms with van der Waals surface area (Å²) in [5, 5.41) is 5.27. The zero-order chi connectivity index (χ0) is 18.0. The van der Waals surface area contributed by atoms with Gasteiger partial charge in [-0.2, -0.15) is 0 Å². The van der Waals surface area contributed by atoms with Crippen molar-refractivity contribution in [1.82, 2.24) is 10.3 Å². The minimum absolute atomic E-state index is 0.0187. The van der Waals surface area contributed by atoms with Gasteiger partial charge in [-0.3, -0.25) is 9.59 Å². The molecule has 134 valence electrons. The highest BCUT2D eigenvalue weighted by Gasteiger charge is 2.28. The summed E-state index contributed by atoms with van der Waals surface area (Å²) in [6, 6.07) is 5.78. The smallest absolute Gasteiger partial charge is 0.303 e. The minimum atomic E-state index is -0.500. The minimum Gasteiger partial charge on any atom is -0.462 e. The molecule has 1 aliphatic heterocycles. The number of nitrogens with one attached hydrogen (secondary N) is 2. The molecule has 0 amide bonds. The van der Waals surface area contributed by atoms with Gasteiger partial charge < -0.3 is 19.8 Å². The Morgan fingerprint density at radius 3 is 2.84 bits per heavy atom. The number of aromatic amines is 1. The van der Waals surface area contributed by atoms with Crippen molar-refractivity contribution in [3.63, 3.8) is 0 Å². The number of hydrogen-bond acceptors (Lipinski definition) is 5. The van der Waals surface area contributed by atoms with Crippen molar-refractivity contribution in [2.75, 3.05) is 13.2 Å². The lowest BCUT2D eigenvalue weighted by molar-refractivity contribution is -0.157. The van der Waals surface area contributed by atoms with Gasteiger partial charge in [-0.05, 0) is 36.7 Å². The predicted molar refractivity (Wildman–Crippen MR) is 94.6 cm³/mol. The third-order valence-corrected chi connectivity index (χ3v) is 4.55. The molecule has 0 bridgehead atoms. The van der Waals surface area contributed by atoms with E-state index in [-0.39, 0.29) is 12.6 Å². The van der Waals surface area contributed by atoms with Crippen LogP contribution in [0.5, 0.6) is 0 Å². The molecule has 0 spiro atoms. The van der Waals surface area contributed by atoms with E-state index in [0.29, 0.717) is 11.4 Å². The number of esters is 2. The Bertz CT molecular complexity index is 802. The highest BCUT2D eigenvalue weighted by atomic mass is 35.5. The molecule has 2 heterocycles. The molecule has 25 heavy (non-hydrogen) atoms. The Kier molecular flexibility index (Phi) is 5.30. The maximum Gasteiger partial charge on any atom is 0.303 e. The van der Waals surface area contributed by atoms with E-state index >= 15 is 0 Å².